The third-order valence-electron chi connectivity index (χ3n) is 3.10. The summed E-state index contributed by atoms with van der Waals surface area (Å²) in [5.74, 6) is 0.511. The first-order chi connectivity index (χ1) is 9.36. The summed E-state index contributed by atoms with van der Waals surface area (Å²) in [6.45, 7) is 10.7. The van der Waals surface area contributed by atoms with Gasteiger partial charge in [-0.2, -0.15) is 0 Å². The van der Waals surface area contributed by atoms with E-state index in [1.54, 1.807) is 11.3 Å². The highest BCUT2D eigenvalue weighted by molar-refractivity contribution is 7.13. The van der Waals surface area contributed by atoms with Crippen LogP contribution in [0.2, 0.25) is 0 Å². The van der Waals surface area contributed by atoms with Gasteiger partial charge in [-0.15, -0.1) is 11.3 Å². The minimum absolute atomic E-state index is 0.135. The number of thiazole rings is 1. The molecular formula is C15H27N3OS. The number of nitrogens with zero attached hydrogens (tertiary/aromatic N) is 3. The number of hydrogen-bond acceptors (Lipinski definition) is 4. The number of likely N-dealkylation sites (N-methyl/N-ethyl adjacent to an activating group) is 1. The Kier molecular flexibility index (Phi) is 6.62. The summed E-state index contributed by atoms with van der Waals surface area (Å²) in [6.07, 6.45) is 0.980. The fourth-order valence-electron chi connectivity index (χ4n) is 1.91. The van der Waals surface area contributed by atoms with Gasteiger partial charge in [0.2, 0.25) is 0 Å². The minimum Gasteiger partial charge on any atom is -0.337 e. The second-order valence-corrected chi connectivity index (χ2v) is 6.75. The monoisotopic (exact) mass is 297 g/mol. The van der Waals surface area contributed by atoms with E-state index in [1.165, 1.54) is 0 Å². The average Bonchev–Trinajstić information content (AvgIpc) is 2.75. The van der Waals surface area contributed by atoms with E-state index in [0.717, 1.165) is 41.6 Å². The predicted octanol–water partition coefficient (Wildman–Crippen LogP) is 2.99. The highest BCUT2D eigenvalue weighted by Crippen LogP contribution is 2.25. The molecule has 0 atom stereocenters. The van der Waals surface area contributed by atoms with Gasteiger partial charge in [0.15, 0.2) is 0 Å². The van der Waals surface area contributed by atoms with Gasteiger partial charge in [0.25, 0.3) is 5.91 Å². The first kappa shape index (κ1) is 17.1. The Morgan fingerprint density at radius 1 is 1.25 bits per heavy atom. The second-order valence-electron chi connectivity index (χ2n) is 5.72. The third kappa shape index (κ3) is 4.56. The molecule has 114 valence electrons. The molecule has 0 saturated heterocycles. The molecule has 0 radical (unpaired) electrons. The average molecular weight is 297 g/mol. The lowest BCUT2D eigenvalue weighted by Gasteiger charge is -2.23. The highest BCUT2D eigenvalue weighted by Gasteiger charge is 2.21. The van der Waals surface area contributed by atoms with Crippen LogP contribution in [0.1, 0.15) is 53.5 Å². The van der Waals surface area contributed by atoms with Crippen molar-refractivity contribution in [1.29, 1.82) is 0 Å². The molecule has 1 rings (SSSR count). The summed E-state index contributed by atoms with van der Waals surface area (Å²) in [5.41, 5.74) is 0.870. The molecule has 0 aliphatic heterocycles. The van der Waals surface area contributed by atoms with Crippen LogP contribution in [0.15, 0.2) is 0 Å². The van der Waals surface area contributed by atoms with Gasteiger partial charge in [-0.05, 0) is 27.4 Å². The van der Waals surface area contributed by atoms with Crippen LogP contribution in [-0.2, 0) is 0 Å². The predicted molar refractivity (Wildman–Crippen MR) is 85.7 cm³/mol. The lowest BCUT2D eigenvalue weighted by Crippen LogP contribution is -2.37. The molecule has 0 aromatic carbocycles. The molecule has 1 amide bonds. The van der Waals surface area contributed by atoms with E-state index in [0.29, 0.717) is 5.92 Å². The fraction of sp³-hybridized carbons (Fsp3) is 0.733. The van der Waals surface area contributed by atoms with Crippen molar-refractivity contribution < 1.29 is 4.79 Å². The van der Waals surface area contributed by atoms with Gasteiger partial charge in [0, 0.05) is 25.6 Å². The van der Waals surface area contributed by atoms with E-state index in [9.17, 15) is 4.79 Å². The summed E-state index contributed by atoms with van der Waals surface area (Å²) in [4.78, 5) is 22.1. The maximum absolute atomic E-state index is 12.7. The van der Waals surface area contributed by atoms with Gasteiger partial charge < -0.3 is 9.80 Å². The van der Waals surface area contributed by atoms with Crippen LogP contribution in [0.5, 0.6) is 0 Å². The molecule has 0 saturated carbocycles. The standard InChI is InChI=1S/C15H27N3OS/c1-7-8-18(10-9-17(5)6)15(19)13-12(4)16-14(20-13)11(2)3/h11H,7-10H2,1-6H3. The van der Waals surface area contributed by atoms with Gasteiger partial charge in [-0.3, -0.25) is 4.79 Å². The van der Waals surface area contributed by atoms with E-state index in [-0.39, 0.29) is 5.91 Å². The quantitative estimate of drug-likeness (QED) is 0.776. The van der Waals surface area contributed by atoms with Crippen LogP contribution in [0.4, 0.5) is 0 Å². The van der Waals surface area contributed by atoms with Gasteiger partial charge in [0.05, 0.1) is 10.7 Å². The zero-order valence-corrected chi connectivity index (χ0v) is 14.4. The number of hydrogen-bond donors (Lipinski definition) is 0. The van der Waals surface area contributed by atoms with Crippen LogP contribution in [0.25, 0.3) is 0 Å². The number of aromatic nitrogens is 1. The van der Waals surface area contributed by atoms with Crippen molar-refractivity contribution in [2.75, 3.05) is 33.7 Å². The summed E-state index contributed by atoms with van der Waals surface area (Å²) in [5, 5.41) is 1.05. The van der Waals surface area contributed by atoms with Crippen molar-refractivity contribution >= 4 is 17.2 Å². The lowest BCUT2D eigenvalue weighted by molar-refractivity contribution is 0.0749. The Labute approximate surface area is 126 Å². The van der Waals surface area contributed by atoms with Crippen LogP contribution in [-0.4, -0.2) is 54.4 Å². The molecule has 4 nitrogen and oxygen atoms in total. The van der Waals surface area contributed by atoms with E-state index < -0.39 is 0 Å². The molecular weight excluding hydrogens is 270 g/mol. The molecule has 5 heteroatoms. The molecule has 0 aliphatic carbocycles. The zero-order chi connectivity index (χ0) is 15.3. The van der Waals surface area contributed by atoms with Crippen molar-refractivity contribution in [3.63, 3.8) is 0 Å². The SMILES string of the molecule is CCCN(CCN(C)C)C(=O)c1sc(C(C)C)nc1C. The number of carbonyl (C=O) groups excluding carboxylic acids is 1. The Balaban J connectivity index is 2.88. The Morgan fingerprint density at radius 3 is 2.35 bits per heavy atom. The van der Waals surface area contributed by atoms with E-state index >= 15 is 0 Å². The van der Waals surface area contributed by atoms with Crippen LogP contribution < -0.4 is 0 Å². The number of amides is 1. The number of carbonyl (C=O) groups is 1. The summed E-state index contributed by atoms with van der Waals surface area (Å²) in [7, 11) is 4.06. The first-order valence-corrected chi connectivity index (χ1v) is 8.09. The van der Waals surface area contributed by atoms with Crippen molar-refractivity contribution in [1.82, 2.24) is 14.8 Å². The summed E-state index contributed by atoms with van der Waals surface area (Å²) in [6, 6.07) is 0. The normalized spacial score (nSPS) is 11.4. The van der Waals surface area contributed by atoms with Crippen LogP contribution in [0, 0.1) is 6.92 Å². The zero-order valence-electron chi connectivity index (χ0n) is 13.6. The van der Waals surface area contributed by atoms with E-state index in [4.69, 9.17) is 0 Å². The second kappa shape index (κ2) is 7.74. The third-order valence-corrected chi connectivity index (χ3v) is 4.55. The van der Waals surface area contributed by atoms with E-state index in [2.05, 4.69) is 30.7 Å². The summed E-state index contributed by atoms with van der Waals surface area (Å²) < 4.78 is 0. The minimum atomic E-state index is 0.135. The molecule has 0 aliphatic rings. The molecule has 0 bridgehead atoms. The topological polar surface area (TPSA) is 36.4 Å². The van der Waals surface area contributed by atoms with Crippen LogP contribution in [0.3, 0.4) is 0 Å². The van der Waals surface area contributed by atoms with Crippen molar-refractivity contribution in [3.05, 3.63) is 15.6 Å². The smallest absolute Gasteiger partial charge is 0.265 e. The van der Waals surface area contributed by atoms with Crippen molar-refractivity contribution in [2.45, 2.75) is 40.0 Å². The molecule has 0 fully saturated rings. The molecule has 1 heterocycles. The van der Waals surface area contributed by atoms with Gasteiger partial charge >= 0.3 is 0 Å². The first-order valence-electron chi connectivity index (χ1n) is 7.28. The molecule has 0 N–H and O–H groups in total. The fourth-order valence-corrected chi connectivity index (χ4v) is 2.95. The van der Waals surface area contributed by atoms with Gasteiger partial charge in [-0.25, -0.2) is 4.98 Å². The lowest BCUT2D eigenvalue weighted by atomic mass is 10.2. The Hall–Kier alpha value is -0.940. The van der Waals surface area contributed by atoms with Crippen LogP contribution >= 0.6 is 11.3 Å². The molecule has 1 aromatic heterocycles. The van der Waals surface area contributed by atoms with Crippen molar-refractivity contribution in [3.8, 4) is 0 Å². The Morgan fingerprint density at radius 2 is 1.90 bits per heavy atom. The van der Waals surface area contributed by atoms with Crippen molar-refractivity contribution in [2.24, 2.45) is 0 Å². The highest BCUT2D eigenvalue weighted by atomic mass is 32.1. The number of rotatable bonds is 7. The van der Waals surface area contributed by atoms with Gasteiger partial charge in [-0.1, -0.05) is 20.8 Å². The maximum Gasteiger partial charge on any atom is 0.265 e. The molecule has 0 spiro atoms. The molecule has 20 heavy (non-hydrogen) atoms. The number of aryl methyl sites for hydroxylation is 1. The van der Waals surface area contributed by atoms with E-state index in [1.807, 2.05) is 25.9 Å². The largest absolute Gasteiger partial charge is 0.337 e. The molecule has 1 aromatic rings. The Bertz CT molecular complexity index is 440. The molecule has 0 unspecified atom stereocenters. The van der Waals surface area contributed by atoms with Gasteiger partial charge in [0.1, 0.15) is 4.88 Å². The summed E-state index contributed by atoms with van der Waals surface area (Å²) >= 11 is 1.55. The maximum atomic E-state index is 12.7.